The molecule has 0 aliphatic rings. The lowest BCUT2D eigenvalue weighted by atomic mass is 10.0. The lowest BCUT2D eigenvalue weighted by Gasteiger charge is -2.35. The number of unbranched alkanes of at least 4 members (excludes halogenated alkanes) is 3. The second kappa shape index (κ2) is 17.8. The number of thiol groups is 1. The molecule has 0 aliphatic heterocycles. The van der Waals surface area contributed by atoms with E-state index in [0.717, 1.165) is 24.8 Å². The number of nitrogens with one attached hydrogen (secondary N) is 2. The largest absolute Gasteiger partial charge is 0.458 e. The molecule has 10 heteroatoms. The fourth-order valence-corrected chi connectivity index (χ4v) is 4.93. The van der Waals surface area contributed by atoms with Crippen LogP contribution < -0.4 is 10.6 Å². The molecular weight excluding hydrogens is 590 g/mol. The molecule has 2 aromatic rings. The molecule has 0 spiro atoms. The van der Waals surface area contributed by atoms with Gasteiger partial charge in [-0.3, -0.25) is 9.59 Å². The normalized spacial score (nSPS) is 13.6. The Hall–Kier alpha value is -3.53. The number of carbonyl (C=O) groups excluding carboxylic acids is 4. The van der Waals surface area contributed by atoms with E-state index >= 15 is 0 Å². The van der Waals surface area contributed by atoms with Gasteiger partial charge in [0.1, 0.15) is 29.3 Å². The number of rotatable bonds is 15. The number of esters is 1. The Balaban J connectivity index is 2.52. The number of hydrogen-bond donors (Lipinski definition) is 3. The van der Waals surface area contributed by atoms with Crippen molar-refractivity contribution < 1.29 is 28.7 Å². The first-order valence-corrected chi connectivity index (χ1v) is 16.3. The summed E-state index contributed by atoms with van der Waals surface area (Å²) in [6.45, 7) is 12.8. The molecule has 2 N–H and O–H groups in total. The second-order valence-electron chi connectivity index (χ2n) is 13.1. The zero-order valence-corrected chi connectivity index (χ0v) is 28.7. The lowest BCUT2D eigenvalue weighted by Crippen LogP contribution is -2.55. The van der Waals surface area contributed by atoms with Crippen molar-refractivity contribution in [3.8, 4) is 0 Å². The Morgan fingerprint density at radius 3 is 1.89 bits per heavy atom. The Morgan fingerprint density at radius 1 is 0.778 bits per heavy atom. The summed E-state index contributed by atoms with van der Waals surface area (Å²) in [7, 11) is 0. The highest BCUT2D eigenvalue weighted by atomic mass is 32.1. The molecule has 2 aromatic carbocycles. The monoisotopic (exact) mass is 641 g/mol. The summed E-state index contributed by atoms with van der Waals surface area (Å²) < 4.78 is 11.1. The van der Waals surface area contributed by atoms with Crippen LogP contribution in [0.5, 0.6) is 0 Å². The third kappa shape index (κ3) is 13.6. The first-order chi connectivity index (χ1) is 21.1. The van der Waals surface area contributed by atoms with Crippen LogP contribution in [-0.4, -0.2) is 64.4 Å². The van der Waals surface area contributed by atoms with Gasteiger partial charge in [-0.15, -0.1) is 0 Å². The van der Waals surface area contributed by atoms with E-state index in [9.17, 15) is 19.2 Å². The van der Waals surface area contributed by atoms with Gasteiger partial charge in [0.05, 0.1) is 0 Å². The molecule has 0 fully saturated rings. The number of benzene rings is 2. The van der Waals surface area contributed by atoms with Gasteiger partial charge in [-0.2, -0.15) is 12.6 Å². The molecule has 0 aromatic heterocycles. The quantitative estimate of drug-likeness (QED) is 0.124. The van der Waals surface area contributed by atoms with Crippen molar-refractivity contribution in [1.82, 2.24) is 15.5 Å². The van der Waals surface area contributed by atoms with Gasteiger partial charge >= 0.3 is 12.1 Å². The summed E-state index contributed by atoms with van der Waals surface area (Å²) in [6, 6.07) is 15.1. The maximum atomic E-state index is 14.3. The molecular formula is C35H51N3O6S. The molecule has 0 heterocycles. The maximum absolute atomic E-state index is 14.3. The minimum atomic E-state index is -1.09. The molecule has 2 rings (SSSR count). The predicted molar refractivity (Wildman–Crippen MR) is 180 cm³/mol. The van der Waals surface area contributed by atoms with Gasteiger partial charge in [0.15, 0.2) is 0 Å². The molecule has 0 aliphatic carbocycles. The number of ether oxygens (including phenoxy) is 2. The van der Waals surface area contributed by atoms with Crippen LogP contribution in [0.25, 0.3) is 0 Å². The van der Waals surface area contributed by atoms with Crippen LogP contribution >= 0.6 is 12.6 Å². The SMILES string of the molecule is CCCCCCN(C(=O)C(CS)NC(=O)OC(C)(C)C)C(C(=O)NC(Cc1ccccc1)C(=O)OC(C)(C)C)c1ccccc1. The molecule has 0 saturated carbocycles. The first kappa shape index (κ1) is 37.7. The standard InChI is InChI=1S/C35H51N3O6S/c1-8-9-10-17-22-38(31(40)28(24-45)37-33(42)44-35(5,6)7)29(26-20-15-12-16-21-26)30(39)36-27(32(41)43-34(2,3)4)23-25-18-13-11-14-19-25/h11-16,18-21,27-29,45H,8-10,17,22-24H2,1-7H3,(H,36,39)(H,37,42). The molecule has 0 radical (unpaired) electrons. The van der Waals surface area contributed by atoms with Crippen molar-refractivity contribution >= 4 is 36.5 Å². The highest BCUT2D eigenvalue weighted by Gasteiger charge is 2.37. The summed E-state index contributed by atoms with van der Waals surface area (Å²) in [5.74, 6) is -1.60. The molecule has 9 nitrogen and oxygen atoms in total. The van der Waals surface area contributed by atoms with Gasteiger partial charge in [-0.25, -0.2) is 9.59 Å². The van der Waals surface area contributed by atoms with Crippen molar-refractivity contribution in [2.45, 2.75) is 110 Å². The smallest absolute Gasteiger partial charge is 0.408 e. The van der Waals surface area contributed by atoms with E-state index in [2.05, 4.69) is 30.2 Å². The van der Waals surface area contributed by atoms with Crippen LogP contribution in [0.3, 0.4) is 0 Å². The third-order valence-corrected chi connectivity index (χ3v) is 7.04. The molecule has 0 bridgehead atoms. The fraction of sp³-hybridized carbons (Fsp3) is 0.543. The van der Waals surface area contributed by atoms with Crippen LogP contribution in [0.1, 0.15) is 91.3 Å². The van der Waals surface area contributed by atoms with Crippen molar-refractivity contribution in [1.29, 1.82) is 0 Å². The number of amides is 3. The Labute approximate surface area is 274 Å². The van der Waals surface area contributed by atoms with Crippen LogP contribution in [0.2, 0.25) is 0 Å². The summed E-state index contributed by atoms with van der Waals surface area (Å²) in [5.41, 5.74) is -0.134. The minimum Gasteiger partial charge on any atom is -0.458 e. The molecule has 248 valence electrons. The number of carbonyl (C=O) groups is 4. The highest BCUT2D eigenvalue weighted by molar-refractivity contribution is 7.80. The zero-order valence-electron chi connectivity index (χ0n) is 27.8. The molecule has 0 saturated heterocycles. The average molecular weight is 642 g/mol. The summed E-state index contributed by atoms with van der Waals surface area (Å²) in [5, 5.41) is 5.55. The third-order valence-electron chi connectivity index (χ3n) is 6.67. The van der Waals surface area contributed by atoms with E-state index < -0.39 is 53.2 Å². The van der Waals surface area contributed by atoms with Crippen molar-refractivity contribution in [3.05, 3.63) is 71.8 Å². The Bertz CT molecular complexity index is 1230. The summed E-state index contributed by atoms with van der Waals surface area (Å²) in [4.78, 5) is 56.1. The van der Waals surface area contributed by atoms with E-state index in [-0.39, 0.29) is 18.7 Å². The zero-order chi connectivity index (χ0) is 33.6. The van der Waals surface area contributed by atoms with E-state index in [0.29, 0.717) is 12.0 Å². The van der Waals surface area contributed by atoms with Crippen molar-refractivity contribution in [2.75, 3.05) is 12.3 Å². The van der Waals surface area contributed by atoms with Gasteiger partial charge in [-0.05, 0) is 59.1 Å². The topological polar surface area (TPSA) is 114 Å². The van der Waals surface area contributed by atoms with Crippen molar-refractivity contribution in [2.24, 2.45) is 0 Å². The molecule has 3 unspecified atom stereocenters. The van der Waals surface area contributed by atoms with Crippen molar-refractivity contribution in [3.63, 3.8) is 0 Å². The van der Waals surface area contributed by atoms with E-state index in [1.165, 1.54) is 4.90 Å². The van der Waals surface area contributed by atoms with E-state index in [1.54, 1.807) is 65.8 Å². The minimum absolute atomic E-state index is 0.0127. The Morgan fingerprint density at radius 2 is 1.36 bits per heavy atom. The van der Waals surface area contributed by atoms with Gasteiger partial charge in [0.2, 0.25) is 11.8 Å². The van der Waals surface area contributed by atoms with Gasteiger partial charge in [0, 0.05) is 18.7 Å². The molecule has 45 heavy (non-hydrogen) atoms. The van der Waals surface area contributed by atoms with Crippen LogP contribution in [0.15, 0.2) is 60.7 Å². The second-order valence-corrected chi connectivity index (χ2v) is 13.4. The van der Waals surface area contributed by atoms with Crippen LogP contribution in [0, 0.1) is 0 Å². The van der Waals surface area contributed by atoms with Gasteiger partial charge in [-0.1, -0.05) is 86.8 Å². The summed E-state index contributed by atoms with van der Waals surface area (Å²) >= 11 is 4.37. The molecule has 3 atom stereocenters. The lowest BCUT2D eigenvalue weighted by molar-refractivity contribution is -0.159. The highest BCUT2D eigenvalue weighted by Crippen LogP contribution is 2.25. The number of alkyl carbamates (subject to hydrolysis) is 1. The van der Waals surface area contributed by atoms with Crippen LogP contribution in [-0.2, 0) is 30.3 Å². The maximum Gasteiger partial charge on any atom is 0.408 e. The molecule has 3 amide bonds. The van der Waals surface area contributed by atoms with Gasteiger partial charge in [0.25, 0.3) is 0 Å². The number of nitrogens with zero attached hydrogens (tertiary/aromatic N) is 1. The first-order valence-electron chi connectivity index (χ1n) is 15.7. The van der Waals surface area contributed by atoms with Crippen LogP contribution in [0.4, 0.5) is 4.79 Å². The van der Waals surface area contributed by atoms with E-state index in [1.807, 2.05) is 36.4 Å². The Kier molecular flexibility index (Phi) is 14.9. The fourth-order valence-electron chi connectivity index (χ4n) is 4.69. The average Bonchev–Trinajstić information content (AvgIpc) is 2.96. The number of hydrogen-bond acceptors (Lipinski definition) is 7. The predicted octanol–water partition coefficient (Wildman–Crippen LogP) is 6.03. The summed E-state index contributed by atoms with van der Waals surface area (Å²) in [6.07, 6.45) is 2.90. The van der Waals surface area contributed by atoms with Gasteiger partial charge < -0.3 is 25.0 Å². The van der Waals surface area contributed by atoms with E-state index in [4.69, 9.17) is 9.47 Å².